The highest BCUT2D eigenvalue weighted by molar-refractivity contribution is 9.10. The number of hydrogen-bond acceptors (Lipinski definition) is 2. The van der Waals surface area contributed by atoms with Gasteiger partial charge in [0.25, 0.3) is 0 Å². The predicted molar refractivity (Wildman–Crippen MR) is 69.1 cm³/mol. The molecular formula is C11H16BrNOS. The zero-order valence-corrected chi connectivity index (χ0v) is 11.2. The molecule has 1 aromatic carbocycles. The van der Waals surface area contributed by atoms with Gasteiger partial charge in [0.15, 0.2) is 0 Å². The van der Waals surface area contributed by atoms with Gasteiger partial charge in [0.05, 0.1) is 0 Å². The Morgan fingerprint density at radius 2 is 2.00 bits per heavy atom. The summed E-state index contributed by atoms with van der Waals surface area (Å²) in [6.07, 6.45) is 0.823. The second-order valence-corrected chi connectivity index (χ2v) is 6.17. The van der Waals surface area contributed by atoms with E-state index in [0.29, 0.717) is 11.5 Å². The van der Waals surface area contributed by atoms with Gasteiger partial charge in [-0.25, -0.2) is 0 Å². The fraction of sp³-hybridized carbons (Fsp3) is 0.455. The summed E-state index contributed by atoms with van der Waals surface area (Å²) in [4.78, 5) is 0. The van der Waals surface area contributed by atoms with Crippen molar-refractivity contribution in [2.45, 2.75) is 25.1 Å². The van der Waals surface area contributed by atoms with Crippen molar-refractivity contribution in [2.24, 2.45) is 5.73 Å². The lowest BCUT2D eigenvalue weighted by molar-refractivity contribution is 0.667. The van der Waals surface area contributed by atoms with E-state index in [0.717, 1.165) is 16.5 Å². The van der Waals surface area contributed by atoms with Crippen molar-refractivity contribution in [1.29, 1.82) is 0 Å². The van der Waals surface area contributed by atoms with E-state index in [2.05, 4.69) is 15.9 Å². The summed E-state index contributed by atoms with van der Waals surface area (Å²) in [5.41, 5.74) is 6.73. The molecule has 0 amide bonds. The molecule has 4 heteroatoms. The first-order valence-corrected chi connectivity index (χ1v) is 7.21. The summed E-state index contributed by atoms with van der Waals surface area (Å²) in [7, 11) is -0.793. The molecule has 0 radical (unpaired) electrons. The van der Waals surface area contributed by atoms with Crippen molar-refractivity contribution < 1.29 is 4.21 Å². The smallest absolute Gasteiger partial charge is 0.0485 e. The summed E-state index contributed by atoms with van der Waals surface area (Å²) in [5.74, 6) is 1.31. The fourth-order valence-electron chi connectivity index (χ4n) is 1.16. The van der Waals surface area contributed by atoms with E-state index >= 15 is 0 Å². The van der Waals surface area contributed by atoms with Gasteiger partial charge in [0, 0.05) is 32.8 Å². The van der Waals surface area contributed by atoms with Gasteiger partial charge in [-0.05, 0) is 31.0 Å². The van der Waals surface area contributed by atoms with Crippen molar-refractivity contribution in [2.75, 3.05) is 5.75 Å². The summed E-state index contributed by atoms with van der Waals surface area (Å²) in [6, 6.07) is 8.07. The Balaban J connectivity index is 2.41. The molecule has 0 aromatic heterocycles. The lowest BCUT2D eigenvalue weighted by atomic mass is 10.2. The van der Waals surface area contributed by atoms with Crippen LogP contribution in [0.25, 0.3) is 0 Å². The van der Waals surface area contributed by atoms with E-state index in [9.17, 15) is 4.21 Å². The number of hydrogen-bond donors (Lipinski definition) is 1. The molecule has 0 saturated heterocycles. The Kier molecular flexibility index (Phi) is 5.50. The molecule has 2 N–H and O–H groups in total. The highest BCUT2D eigenvalue weighted by atomic mass is 79.9. The molecule has 0 spiro atoms. The van der Waals surface area contributed by atoms with Crippen LogP contribution < -0.4 is 5.73 Å². The van der Waals surface area contributed by atoms with Crippen LogP contribution in [0.5, 0.6) is 0 Å². The third kappa shape index (κ3) is 5.44. The monoisotopic (exact) mass is 289 g/mol. The van der Waals surface area contributed by atoms with Crippen LogP contribution in [0.4, 0.5) is 0 Å². The molecular weight excluding hydrogens is 274 g/mol. The van der Waals surface area contributed by atoms with Crippen LogP contribution in [0.15, 0.2) is 28.7 Å². The van der Waals surface area contributed by atoms with Crippen LogP contribution in [-0.4, -0.2) is 16.0 Å². The molecule has 0 bridgehead atoms. The zero-order chi connectivity index (χ0) is 11.3. The van der Waals surface area contributed by atoms with Crippen LogP contribution in [0.1, 0.15) is 18.9 Å². The molecule has 2 atom stereocenters. The van der Waals surface area contributed by atoms with Gasteiger partial charge >= 0.3 is 0 Å². The summed E-state index contributed by atoms with van der Waals surface area (Å²) in [6.45, 7) is 1.94. The Labute approximate surface area is 102 Å². The van der Waals surface area contributed by atoms with Crippen LogP contribution in [0, 0.1) is 0 Å². The third-order valence-corrected chi connectivity index (χ3v) is 3.92. The Morgan fingerprint density at radius 1 is 1.40 bits per heavy atom. The second-order valence-electron chi connectivity index (χ2n) is 3.68. The van der Waals surface area contributed by atoms with Gasteiger partial charge in [-0.15, -0.1) is 0 Å². The molecule has 2 unspecified atom stereocenters. The summed E-state index contributed by atoms with van der Waals surface area (Å²) >= 11 is 3.37. The maximum atomic E-state index is 11.6. The average molecular weight is 290 g/mol. The van der Waals surface area contributed by atoms with Crippen molar-refractivity contribution >= 4 is 26.7 Å². The Morgan fingerprint density at radius 3 is 2.53 bits per heavy atom. The van der Waals surface area contributed by atoms with E-state index in [1.807, 2.05) is 31.2 Å². The van der Waals surface area contributed by atoms with E-state index in [1.54, 1.807) is 0 Å². The highest BCUT2D eigenvalue weighted by Crippen LogP contribution is 2.12. The van der Waals surface area contributed by atoms with Crippen LogP contribution >= 0.6 is 15.9 Å². The quantitative estimate of drug-likeness (QED) is 0.905. The van der Waals surface area contributed by atoms with E-state index < -0.39 is 10.8 Å². The molecule has 0 fully saturated rings. The molecule has 2 nitrogen and oxygen atoms in total. The van der Waals surface area contributed by atoms with Gasteiger partial charge in [0.1, 0.15) is 0 Å². The van der Waals surface area contributed by atoms with Gasteiger partial charge in [0.2, 0.25) is 0 Å². The van der Waals surface area contributed by atoms with Gasteiger partial charge in [-0.2, -0.15) is 0 Å². The average Bonchev–Trinajstić information content (AvgIpc) is 2.19. The maximum absolute atomic E-state index is 11.6. The fourth-order valence-corrected chi connectivity index (χ4v) is 2.76. The molecule has 0 aliphatic heterocycles. The first-order valence-electron chi connectivity index (χ1n) is 4.93. The molecule has 84 valence electrons. The van der Waals surface area contributed by atoms with Gasteiger partial charge in [-0.3, -0.25) is 4.21 Å². The van der Waals surface area contributed by atoms with E-state index in [-0.39, 0.29) is 6.04 Å². The number of halogens is 1. The number of nitrogens with two attached hydrogens (primary N) is 1. The third-order valence-electron chi connectivity index (χ3n) is 2.04. The Bertz CT molecular complexity index is 324. The van der Waals surface area contributed by atoms with Crippen LogP contribution in [0.2, 0.25) is 0 Å². The molecule has 15 heavy (non-hydrogen) atoms. The summed E-state index contributed by atoms with van der Waals surface area (Å²) < 4.78 is 12.7. The van der Waals surface area contributed by atoms with Gasteiger partial charge < -0.3 is 5.73 Å². The van der Waals surface area contributed by atoms with E-state index in [4.69, 9.17) is 5.73 Å². The number of rotatable bonds is 5. The maximum Gasteiger partial charge on any atom is 0.0485 e. The molecule has 0 aliphatic rings. The van der Waals surface area contributed by atoms with E-state index in [1.165, 1.54) is 0 Å². The minimum absolute atomic E-state index is 0.138. The standard InChI is InChI=1S/C11H16BrNOS/c1-9(13)6-7-15(14)8-10-2-4-11(12)5-3-10/h2-5,9H,6-8,13H2,1H3. The lowest BCUT2D eigenvalue weighted by Crippen LogP contribution is -2.18. The minimum atomic E-state index is -0.793. The zero-order valence-electron chi connectivity index (χ0n) is 8.78. The van der Waals surface area contributed by atoms with Gasteiger partial charge in [-0.1, -0.05) is 28.1 Å². The van der Waals surface area contributed by atoms with Crippen molar-refractivity contribution in [3.8, 4) is 0 Å². The molecule has 0 aliphatic carbocycles. The number of benzene rings is 1. The molecule has 0 saturated carbocycles. The minimum Gasteiger partial charge on any atom is -0.328 e. The normalized spacial score (nSPS) is 14.9. The SMILES string of the molecule is CC(N)CCS(=O)Cc1ccc(Br)cc1. The van der Waals surface area contributed by atoms with Crippen molar-refractivity contribution in [3.05, 3.63) is 34.3 Å². The highest BCUT2D eigenvalue weighted by Gasteiger charge is 2.03. The first-order chi connectivity index (χ1) is 7.08. The second kappa shape index (κ2) is 6.40. The first kappa shape index (κ1) is 12.9. The molecule has 1 aromatic rings. The Hall–Kier alpha value is -0.190. The topological polar surface area (TPSA) is 43.1 Å². The lowest BCUT2D eigenvalue weighted by Gasteiger charge is -2.05. The molecule has 1 rings (SSSR count). The molecule has 0 heterocycles. The van der Waals surface area contributed by atoms with Crippen molar-refractivity contribution in [1.82, 2.24) is 0 Å². The predicted octanol–water partition coefficient (Wildman–Crippen LogP) is 2.44. The van der Waals surface area contributed by atoms with Crippen LogP contribution in [-0.2, 0) is 16.6 Å². The van der Waals surface area contributed by atoms with Crippen molar-refractivity contribution in [3.63, 3.8) is 0 Å². The summed E-state index contributed by atoms with van der Waals surface area (Å²) in [5, 5.41) is 0. The van der Waals surface area contributed by atoms with Crippen LogP contribution in [0.3, 0.4) is 0 Å². The largest absolute Gasteiger partial charge is 0.328 e.